The largest absolute Gasteiger partial charge is 0.497 e. The van der Waals surface area contributed by atoms with E-state index in [-0.39, 0.29) is 18.3 Å². The monoisotopic (exact) mass is 353 g/mol. The van der Waals surface area contributed by atoms with Crippen LogP contribution in [0.3, 0.4) is 0 Å². The number of methoxy groups -OCH3 is 1. The third kappa shape index (κ3) is 5.10. The molecule has 0 spiro atoms. The molecule has 1 saturated heterocycles. The van der Waals surface area contributed by atoms with Crippen LogP contribution in [0.2, 0.25) is 0 Å². The number of carbonyl (C=O) groups excluding carboxylic acids is 1. The van der Waals surface area contributed by atoms with Crippen molar-refractivity contribution in [2.24, 2.45) is 5.73 Å². The molecule has 2 aliphatic rings. The number of benzene rings is 1. The van der Waals surface area contributed by atoms with Crippen molar-refractivity contribution in [2.75, 3.05) is 26.7 Å². The van der Waals surface area contributed by atoms with Crippen LogP contribution in [-0.2, 0) is 11.3 Å². The van der Waals surface area contributed by atoms with E-state index in [0.717, 1.165) is 50.1 Å². The number of nitrogens with zero attached hydrogens (tertiary/aromatic N) is 2. The molecule has 134 valence electrons. The number of halogens is 1. The average Bonchev–Trinajstić information content (AvgIpc) is 3.40. The summed E-state index contributed by atoms with van der Waals surface area (Å²) in [6.07, 6.45) is 4.25. The lowest BCUT2D eigenvalue weighted by atomic mass is 10.1. The van der Waals surface area contributed by atoms with Crippen LogP contribution in [0.15, 0.2) is 24.3 Å². The quantitative estimate of drug-likeness (QED) is 0.850. The zero-order valence-corrected chi connectivity index (χ0v) is 15.1. The Morgan fingerprint density at radius 1 is 1.21 bits per heavy atom. The first-order valence-electron chi connectivity index (χ1n) is 8.56. The highest BCUT2D eigenvalue weighted by molar-refractivity contribution is 5.85. The molecule has 2 N–H and O–H groups in total. The first-order chi connectivity index (χ1) is 11.2. The van der Waals surface area contributed by atoms with Crippen molar-refractivity contribution in [3.8, 4) is 5.75 Å². The molecule has 0 aromatic heterocycles. The fraction of sp³-hybridized carbons (Fsp3) is 0.611. The first-order valence-corrected chi connectivity index (χ1v) is 8.56. The summed E-state index contributed by atoms with van der Waals surface area (Å²) in [5.74, 6) is 1.10. The van der Waals surface area contributed by atoms with Gasteiger partial charge in [-0.05, 0) is 43.4 Å². The number of nitrogens with two attached hydrogens (primary N) is 1. The smallest absolute Gasteiger partial charge is 0.237 e. The van der Waals surface area contributed by atoms with Gasteiger partial charge in [0.05, 0.1) is 13.7 Å². The molecule has 6 heteroatoms. The highest BCUT2D eigenvalue weighted by atomic mass is 35.5. The van der Waals surface area contributed by atoms with Gasteiger partial charge in [-0.2, -0.15) is 0 Å². The fourth-order valence-electron chi connectivity index (χ4n) is 3.13. The van der Waals surface area contributed by atoms with E-state index in [1.807, 2.05) is 24.3 Å². The van der Waals surface area contributed by atoms with Crippen LogP contribution in [0, 0.1) is 0 Å². The van der Waals surface area contributed by atoms with Gasteiger partial charge in [0, 0.05) is 31.7 Å². The highest BCUT2D eigenvalue weighted by Gasteiger charge is 2.33. The van der Waals surface area contributed by atoms with Gasteiger partial charge in [0.25, 0.3) is 0 Å². The van der Waals surface area contributed by atoms with E-state index in [0.29, 0.717) is 25.2 Å². The van der Waals surface area contributed by atoms with Gasteiger partial charge in [-0.1, -0.05) is 12.1 Å². The molecular formula is C18H28ClN3O2. The highest BCUT2D eigenvalue weighted by Crippen LogP contribution is 2.29. The SMILES string of the molecule is COc1ccc(CN(C(=O)CN2CCC(N)CC2)C2CC2)cc1.Cl. The van der Waals surface area contributed by atoms with Gasteiger partial charge in [-0.3, -0.25) is 9.69 Å². The third-order valence-electron chi connectivity index (χ3n) is 4.81. The minimum Gasteiger partial charge on any atom is -0.497 e. The molecule has 0 atom stereocenters. The maximum absolute atomic E-state index is 12.7. The van der Waals surface area contributed by atoms with E-state index < -0.39 is 0 Å². The van der Waals surface area contributed by atoms with Gasteiger partial charge >= 0.3 is 0 Å². The summed E-state index contributed by atoms with van der Waals surface area (Å²) < 4.78 is 5.19. The summed E-state index contributed by atoms with van der Waals surface area (Å²) in [7, 11) is 1.67. The van der Waals surface area contributed by atoms with Crippen LogP contribution in [0.4, 0.5) is 0 Å². The lowest BCUT2D eigenvalue weighted by Crippen LogP contribution is -2.46. The molecule has 0 unspecified atom stereocenters. The zero-order chi connectivity index (χ0) is 16.2. The summed E-state index contributed by atoms with van der Waals surface area (Å²) in [5, 5.41) is 0. The standard InChI is InChI=1S/C18H27N3O2.ClH/c1-23-17-6-2-14(3-7-17)12-21(16-4-5-16)18(22)13-20-10-8-15(19)9-11-20;/h2-3,6-7,15-16H,4-5,8-13,19H2,1H3;1H. The van der Waals surface area contributed by atoms with E-state index in [9.17, 15) is 4.79 Å². The van der Waals surface area contributed by atoms with Crippen molar-refractivity contribution in [3.05, 3.63) is 29.8 Å². The van der Waals surface area contributed by atoms with E-state index >= 15 is 0 Å². The van der Waals surface area contributed by atoms with Crippen molar-refractivity contribution in [1.82, 2.24) is 9.80 Å². The molecular weight excluding hydrogens is 326 g/mol. The minimum absolute atomic E-state index is 0. The number of hydrogen-bond donors (Lipinski definition) is 1. The van der Waals surface area contributed by atoms with Crippen molar-refractivity contribution in [3.63, 3.8) is 0 Å². The Kier molecular flexibility index (Phi) is 6.90. The van der Waals surface area contributed by atoms with Gasteiger partial charge in [-0.15, -0.1) is 12.4 Å². The van der Waals surface area contributed by atoms with Gasteiger partial charge in [0.2, 0.25) is 5.91 Å². The molecule has 2 fully saturated rings. The number of carbonyl (C=O) groups is 1. The van der Waals surface area contributed by atoms with Gasteiger partial charge in [-0.25, -0.2) is 0 Å². The summed E-state index contributed by atoms with van der Waals surface area (Å²) in [6, 6.07) is 8.73. The molecule has 1 heterocycles. The van der Waals surface area contributed by atoms with E-state index in [4.69, 9.17) is 10.5 Å². The predicted molar refractivity (Wildman–Crippen MR) is 97.5 cm³/mol. The normalized spacial score (nSPS) is 18.8. The number of ether oxygens (including phenoxy) is 1. The maximum Gasteiger partial charge on any atom is 0.237 e. The topological polar surface area (TPSA) is 58.8 Å². The first kappa shape index (κ1) is 19.0. The Morgan fingerprint density at radius 2 is 1.83 bits per heavy atom. The second kappa shape index (κ2) is 8.70. The number of hydrogen-bond acceptors (Lipinski definition) is 4. The molecule has 1 saturated carbocycles. The number of likely N-dealkylation sites (tertiary alicyclic amines) is 1. The lowest BCUT2D eigenvalue weighted by Gasteiger charge is -2.32. The van der Waals surface area contributed by atoms with E-state index in [2.05, 4.69) is 9.80 Å². The summed E-state index contributed by atoms with van der Waals surface area (Å²) in [4.78, 5) is 17.0. The Labute approximate surface area is 150 Å². The molecule has 1 amide bonds. The van der Waals surface area contributed by atoms with E-state index in [1.165, 1.54) is 0 Å². The summed E-state index contributed by atoms with van der Waals surface area (Å²) in [6.45, 7) is 3.10. The fourth-order valence-corrected chi connectivity index (χ4v) is 3.13. The maximum atomic E-state index is 12.7. The van der Waals surface area contributed by atoms with Crippen LogP contribution >= 0.6 is 12.4 Å². The number of amides is 1. The molecule has 1 aromatic carbocycles. The molecule has 0 bridgehead atoms. The number of piperidine rings is 1. The minimum atomic E-state index is 0. The molecule has 3 rings (SSSR count). The zero-order valence-electron chi connectivity index (χ0n) is 14.3. The molecule has 5 nitrogen and oxygen atoms in total. The van der Waals surface area contributed by atoms with Crippen LogP contribution in [0.1, 0.15) is 31.2 Å². The van der Waals surface area contributed by atoms with Crippen molar-refractivity contribution in [2.45, 2.75) is 44.3 Å². The molecule has 1 aliphatic heterocycles. The van der Waals surface area contributed by atoms with Crippen LogP contribution in [0.25, 0.3) is 0 Å². The van der Waals surface area contributed by atoms with Crippen molar-refractivity contribution >= 4 is 18.3 Å². The Balaban J connectivity index is 0.00000208. The average molecular weight is 354 g/mol. The summed E-state index contributed by atoms with van der Waals surface area (Å²) in [5.41, 5.74) is 7.10. The molecule has 1 aliphatic carbocycles. The Hall–Kier alpha value is -1.30. The van der Waals surface area contributed by atoms with Crippen molar-refractivity contribution < 1.29 is 9.53 Å². The van der Waals surface area contributed by atoms with Gasteiger partial charge in [0.1, 0.15) is 5.75 Å². The predicted octanol–water partition coefficient (Wildman–Crippen LogP) is 2.03. The molecule has 24 heavy (non-hydrogen) atoms. The third-order valence-corrected chi connectivity index (χ3v) is 4.81. The van der Waals surface area contributed by atoms with Crippen LogP contribution in [0.5, 0.6) is 5.75 Å². The van der Waals surface area contributed by atoms with E-state index in [1.54, 1.807) is 7.11 Å². The van der Waals surface area contributed by atoms with Crippen molar-refractivity contribution in [1.29, 1.82) is 0 Å². The number of rotatable bonds is 6. The van der Waals surface area contributed by atoms with Gasteiger partial charge < -0.3 is 15.4 Å². The summed E-state index contributed by atoms with van der Waals surface area (Å²) >= 11 is 0. The second-order valence-corrected chi connectivity index (χ2v) is 6.71. The molecule has 0 radical (unpaired) electrons. The lowest BCUT2D eigenvalue weighted by molar-refractivity contribution is -0.133. The van der Waals surface area contributed by atoms with Crippen LogP contribution < -0.4 is 10.5 Å². The Morgan fingerprint density at radius 3 is 2.38 bits per heavy atom. The van der Waals surface area contributed by atoms with Crippen LogP contribution in [-0.4, -0.2) is 54.5 Å². The second-order valence-electron chi connectivity index (χ2n) is 6.71. The van der Waals surface area contributed by atoms with Gasteiger partial charge in [0.15, 0.2) is 0 Å². The molecule has 1 aromatic rings. The Bertz CT molecular complexity index is 526.